The molecule has 0 bridgehead atoms. The van der Waals surface area contributed by atoms with E-state index in [1.165, 1.54) is 18.2 Å². The molecule has 0 heterocycles. The fourth-order valence-corrected chi connectivity index (χ4v) is 1.82. The molecule has 7 heteroatoms. The molecule has 1 unspecified atom stereocenters. The van der Waals surface area contributed by atoms with E-state index in [0.717, 1.165) is 6.07 Å². The van der Waals surface area contributed by atoms with Gasteiger partial charge in [0.25, 0.3) is 0 Å². The van der Waals surface area contributed by atoms with Crippen molar-refractivity contribution in [2.75, 3.05) is 5.32 Å². The normalized spacial score (nSPS) is 12.8. The molecule has 0 aliphatic heterocycles. The Morgan fingerprint density at radius 1 is 1.53 bits per heavy atom. The predicted molar refractivity (Wildman–Crippen MR) is 69.0 cm³/mol. The van der Waals surface area contributed by atoms with Gasteiger partial charge in [-0.05, 0) is 24.6 Å². The summed E-state index contributed by atoms with van der Waals surface area (Å²) in [5.41, 5.74) is -1.19. The van der Waals surface area contributed by atoms with Crippen LogP contribution < -0.4 is 5.32 Å². The molecule has 0 saturated heterocycles. The Morgan fingerprint density at radius 3 is 2.63 bits per heavy atom. The predicted octanol–water partition coefficient (Wildman–Crippen LogP) is 3.91. The van der Waals surface area contributed by atoms with Gasteiger partial charge in [0.15, 0.2) is 0 Å². The number of anilines is 1. The van der Waals surface area contributed by atoms with Crippen LogP contribution in [-0.4, -0.2) is 17.1 Å². The Balaban J connectivity index is 3.14. The van der Waals surface area contributed by atoms with E-state index in [1.54, 1.807) is 0 Å². The summed E-state index contributed by atoms with van der Waals surface area (Å²) in [4.78, 5) is 10.9. The van der Waals surface area contributed by atoms with Crippen LogP contribution >= 0.6 is 15.9 Å². The minimum Gasteiger partial charge on any atom is -0.480 e. The van der Waals surface area contributed by atoms with Crippen LogP contribution in [0.25, 0.3) is 0 Å². The quantitative estimate of drug-likeness (QED) is 0.801. The molecule has 0 aromatic heterocycles. The van der Waals surface area contributed by atoms with Crippen molar-refractivity contribution in [1.29, 1.82) is 0 Å². The Kier molecular flexibility index (Phi) is 4.99. The van der Waals surface area contributed by atoms with Crippen LogP contribution in [0, 0.1) is 0 Å². The lowest BCUT2D eigenvalue weighted by Crippen LogP contribution is -2.29. The molecule has 1 atom stereocenters. The first kappa shape index (κ1) is 15.6. The maximum Gasteiger partial charge on any atom is 0.418 e. The Labute approximate surface area is 116 Å². The SMILES string of the molecule is C=CCC(Nc1cc(Br)ccc1C(F)(F)F)C(=O)O. The second-order valence-electron chi connectivity index (χ2n) is 3.75. The lowest BCUT2D eigenvalue weighted by molar-refractivity contribution is -0.139. The van der Waals surface area contributed by atoms with Gasteiger partial charge in [0.2, 0.25) is 0 Å². The molecule has 0 amide bonds. The fourth-order valence-electron chi connectivity index (χ4n) is 1.46. The summed E-state index contributed by atoms with van der Waals surface area (Å²) in [6.07, 6.45) is -3.21. The first-order valence-corrected chi connectivity index (χ1v) is 6.02. The zero-order chi connectivity index (χ0) is 14.6. The third kappa shape index (κ3) is 4.27. The number of hydrogen-bond donors (Lipinski definition) is 2. The molecule has 2 N–H and O–H groups in total. The molecule has 0 aliphatic carbocycles. The lowest BCUT2D eigenvalue weighted by atomic mass is 10.1. The lowest BCUT2D eigenvalue weighted by Gasteiger charge is -2.19. The zero-order valence-electron chi connectivity index (χ0n) is 9.67. The van der Waals surface area contributed by atoms with Crippen LogP contribution in [0.4, 0.5) is 18.9 Å². The van der Waals surface area contributed by atoms with Crippen LogP contribution in [0.1, 0.15) is 12.0 Å². The minimum atomic E-state index is -4.56. The van der Waals surface area contributed by atoms with E-state index in [2.05, 4.69) is 27.8 Å². The molecule has 0 saturated carbocycles. The van der Waals surface area contributed by atoms with Crippen LogP contribution in [0.5, 0.6) is 0 Å². The first-order chi connectivity index (χ1) is 8.75. The van der Waals surface area contributed by atoms with Gasteiger partial charge in [0.1, 0.15) is 6.04 Å². The van der Waals surface area contributed by atoms with E-state index < -0.39 is 23.8 Å². The summed E-state index contributed by atoms with van der Waals surface area (Å²) in [5, 5.41) is 11.3. The smallest absolute Gasteiger partial charge is 0.418 e. The van der Waals surface area contributed by atoms with Crippen LogP contribution in [0.3, 0.4) is 0 Å². The van der Waals surface area contributed by atoms with Gasteiger partial charge in [-0.2, -0.15) is 13.2 Å². The summed E-state index contributed by atoms with van der Waals surface area (Å²) >= 11 is 3.05. The highest BCUT2D eigenvalue weighted by atomic mass is 79.9. The molecule has 0 radical (unpaired) electrons. The van der Waals surface area contributed by atoms with Gasteiger partial charge in [-0.25, -0.2) is 4.79 Å². The summed E-state index contributed by atoms with van der Waals surface area (Å²) in [7, 11) is 0. The Hall–Kier alpha value is -1.50. The second kappa shape index (κ2) is 6.10. The Bertz CT molecular complexity index is 488. The van der Waals surface area contributed by atoms with E-state index >= 15 is 0 Å². The number of rotatable bonds is 5. The molecule has 19 heavy (non-hydrogen) atoms. The molecule has 104 valence electrons. The van der Waals surface area contributed by atoms with Crippen molar-refractivity contribution >= 4 is 27.6 Å². The van der Waals surface area contributed by atoms with Gasteiger partial charge in [0, 0.05) is 10.2 Å². The molecule has 1 aromatic rings. The van der Waals surface area contributed by atoms with Crippen molar-refractivity contribution in [3.8, 4) is 0 Å². The van der Waals surface area contributed by atoms with Crippen molar-refractivity contribution in [1.82, 2.24) is 0 Å². The van der Waals surface area contributed by atoms with Crippen molar-refractivity contribution in [3.63, 3.8) is 0 Å². The zero-order valence-corrected chi connectivity index (χ0v) is 11.3. The van der Waals surface area contributed by atoms with Gasteiger partial charge >= 0.3 is 12.1 Å². The number of benzene rings is 1. The summed E-state index contributed by atoms with van der Waals surface area (Å²) in [6.45, 7) is 3.38. The molecule has 1 rings (SSSR count). The highest BCUT2D eigenvalue weighted by Gasteiger charge is 2.34. The maximum absolute atomic E-state index is 12.8. The number of alkyl halides is 3. The van der Waals surface area contributed by atoms with E-state index in [0.29, 0.717) is 4.47 Å². The minimum absolute atomic E-state index is 0.0130. The highest BCUT2D eigenvalue weighted by Crippen LogP contribution is 2.36. The van der Waals surface area contributed by atoms with E-state index in [9.17, 15) is 18.0 Å². The largest absolute Gasteiger partial charge is 0.480 e. The van der Waals surface area contributed by atoms with Crippen LogP contribution in [-0.2, 0) is 11.0 Å². The monoisotopic (exact) mass is 337 g/mol. The molecule has 3 nitrogen and oxygen atoms in total. The van der Waals surface area contributed by atoms with Crippen LogP contribution in [0.15, 0.2) is 35.3 Å². The average molecular weight is 338 g/mol. The number of aliphatic carboxylic acids is 1. The first-order valence-electron chi connectivity index (χ1n) is 5.22. The summed E-state index contributed by atoms with van der Waals surface area (Å²) < 4.78 is 38.8. The standard InChI is InChI=1S/C12H11BrF3NO2/c1-2-3-9(11(18)19)17-10-6-7(13)4-5-8(10)12(14,15)16/h2,4-6,9,17H,1,3H2,(H,18,19). The third-order valence-corrected chi connectivity index (χ3v) is 2.81. The second-order valence-corrected chi connectivity index (χ2v) is 4.66. The fraction of sp³-hybridized carbons (Fsp3) is 0.250. The van der Waals surface area contributed by atoms with Gasteiger partial charge in [-0.15, -0.1) is 6.58 Å². The molecular weight excluding hydrogens is 327 g/mol. The number of carboxylic acid groups (broad SMARTS) is 1. The van der Waals surface area contributed by atoms with Gasteiger partial charge in [0.05, 0.1) is 5.56 Å². The summed E-state index contributed by atoms with van der Waals surface area (Å²) in [6, 6.07) is 2.17. The number of nitrogens with one attached hydrogen (secondary N) is 1. The summed E-state index contributed by atoms with van der Waals surface area (Å²) in [5.74, 6) is -1.24. The molecule has 0 fully saturated rings. The maximum atomic E-state index is 12.8. The van der Waals surface area contributed by atoms with Gasteiger partial charge in [-0.3, -0.25) is 0 Å². The Morgan fingerprint density at radius 2 is 2.16 bits per heavy atom. The van der Waals surface area contributed by atoms with Gasteiger partial charge < -0.3 is 10.4 Å². The number of carbonyl (C=O) groups is 1. The molecule has 0 spiro atoms. The van der Waals surface area contributed by atoms with Gasteiger partial charge in [-0.1, -0.05) is 22.0 Å². The van der Waals surface area contributed by atoms with Crippen molar-refractivity contribution in [2.45, 2.75) is 18.6 Å². The van der Waals surface area contributed by atoms with Crippen molar-refractivity contribution in [3.05, 3.63) is 40.9 Å². The van der Waals surface area contributed by atoms with E-state index in [4.69, 9.17) is 5.11 Å². The third-order valence-electron chi connectivity index (χ3n) is 2.32. The van der Waals surface area contributed by atoms with E-state index in [1.807, 2.05) is 0 Å². The van der Waals surface area contributed by atoms with E-state index in [-0.39, 0.29) is 12.1 Å². The number of hydrogen-bond acceptors (Lipinski definition) is 2. The van der Waals surface area contributed by atoms with Crippen LogP contribution in [0.2, 0.25) is 0 Å². The highest BCUT2D eigenvalue weighted by molar-refractivity contribution is 9.10. The average Bonchev–Trinajstić information content (AvgIpc) is 2.26. The number of halogens is 4. The molecule has 0 aliphatic rings. The molecular formula is C12H11BrF3NO2. The topological polar surface area (TPSA) is 49.3 Å². The molecule has 1 aromatic carbocycles. The van der Waals surface area contributed by atoms with Crippen molar-refractivity contribution in [2.24, 2.45) is 0 Å². The number of carboxylic acids is 1. The van der Waals surface area contributed by atoms with Crippen molar-refractivity contribution < 1.29 is 23.1 Å².